The van der Waals surface area contributed by atoms with Crippen LogP contribution in [0.5, 0.6) is 0 Å². The third kappa shape index (κ3) is 4.19. The molecule has 0 radical (unpaired) electrons. The van der Waals surface area contributed by atoms with Crippen LogP contribution in [-0.4, -0.2) is 42.3 Å². The molecule has 1 aromatic carbocycles. The average molecular weight is 291 g/mol. The topological polar surface area (TPSA) is 78.6 Å². The number of hydrogen-bond acceptors (Lipinski definition) is 4. The van der Waals surface area contributed by atoms with Gasteiger partial charge in [-0.1, -0.05) is 12.1 Å². The molecule has 0 aliphatic carbocycles. The first kappa shape index (κ1) is 15.8. The van der Waals surface area contributed by atoms with Gasteiger partial charge in [0.2, 0.25) is 5.91 Å². The van der Waals surface area contributed by atoms with Crippen LogP contribution in [0.15, 0.2) is 24.3 Å². The van der Waals surface area contributed by atoms with Crippen molar-refractivity contribution in [2.24, 2.45) is 5.73 Å². The number of nitrogens with one attached hydrogen (secondary N) is 1. The van der Waals surface area contributed by atoms with Crippen LogP contribution in [0.2, 0.25) is 0 Å². The highest BCUT2D eigenvalue weighted by Crippen LogP contribution is 2.21. The molecule has 0 bridgehead atoms. The molecule has 2 atom stereocenters. The van der Waals surface area contributed by atoms with Crippen molar-refractivity contribution >= 4 is 11.6 Å². The molecule has 1 heterocycles. The summed E-state index contributed by atoms with van der Waals surface area (Å²) in [6.45, 7) is 5.45. The van der Waals surface area contributed by atoms with E-state index in [1.54, 1.807) is 0 Å². The SMILES string of the molecule is Cc1cccc(N2CCC(NC(=O)[C@@H](N)[C@@H](C)O)CC2)c1. The summed E-state index contributed by atoms with van der Waals surface area (Å²) in [6, 6.07) is 7.76. The van der Waals surface area contributed by atoms with Crippen LogP contribution in [0.4, 0.5) is 5.69 Å². The van der Waals surface area contributed by atoms with Crippen LogP contribution < -0.4 is 16.0 Å². The van der Waals surface area contributed by atoms with E-state index < -0.39 is 12.1 Å². The third-order valence-electron chi connectivity index (χ3n) is 4.03. The van der Waals surface area contributed by atoms with Gasteiger partial charge in [-0.2, -0.15) is 0 Å². The van der Waals surface area contributed by atoms with Gasteiger partial charge in [0.15, 0.2) is 0 Å². The van der Waals surface area contributed by atoms with E-state index in [1.807, 2.05) is 0 Å². The normalized spacial score (nSPS) is 19.1. The molecule has 1 saturated heterocycles. The van der Waals surface area contributed by atoms with E-state index in [0.29, 0.717) is 0 Å². The molecule has 5 nitrogen and oxygen atoms in total. The van der Waals surface area contributed by atoms with Gasteiger partial charge in [-0.15, -0.1) is 0 Å². The van der Waals surface area contributed by atoms with Crippen molar-refractivity contribution in [1.29, 1.82) is 0 Å². The van der Waals surface area contributed by atoms with Gasteiger partial charge >= 0.3 is 0 Å². The van der Waals surface area contributed by atoms with E-state index in [-0.39, 0.29) is 11.9 Å². The maximum absolute atomic E-state index is 11.8. The van der Waals surface area contributed by atoms with E-state index in [2.05, 4.69) is 41.4 Å². The number of anilines is 1. The first-order valence-corrected chi connectivity index (χ1v) is 7.53. The summed E-state index contributed by atoms with van der Waals surface area (Å²) in [5.41, 5.74) is 8.13. The zero-order chi connectivity index (χ0) is 15.4. The minimum absolute atomic E-state index is 0.142. The number of piperidine rings is 1. The van der Waals surface area contributed by atoms with Crippen molar-refractivity contribution < 1.29 is 9.90 Å². The average Bonchev–Trinajstić information content (AvgIpc) is 2.47. The smallest absolute Gasteiger partial charge is 0.239 e. The Labute approximate surface area is 126 Å². The number of aliphatic hydroxyl groups is 1. The van der Waals surface area contributed by atoms with Gasteiger partial charge in [0, 0.05) is 24.8 Å². The molecule has 0 saturated carbocycles. The number of hydrogen-bond donors (Lipinski definition) is 3. The number of nitrogens with two attached hydrogens (primary N) is 1. The lowest BCUT2D eigenvalue weighted by atomic mass is 10.0. The molecule has 0 spiro atoms. The highest BCUT2D eigenvalue weighted by atomic mass is 16.3. The van der Waals surface area contributed by atoms with Gasteiger partial charge in [0.05, 0.1) is 6.10 Å². The van der Waals surface area contributed by atoms with Crippen molar-refractivity contribution in [1.82, 2.24) is 5.32 Å². The summed E-state index contributed by atoms with van der Waals surface area (Å²) in [6.07, 6.45) is 0.968. The van der Waals surface area contributed by atoms with Crippen LogP contribution in [0.25, 0.3) is 0 Å². The Morgan fingerprint density at radius 3 is 2.67 bits per heavy atom. The molecule has 116 valence electrons. The van der Waals surface area contributed by atoms with Crippen LogP contribution in [-0.2, 0) is 4.79 Å². The summed E-state index contributed by atoms with van der Waals surface area (Å²) in [4.78, 5) is 14.2. The number of amides is 1. The minimum Gasteiger partial charge on any atom is -0.391 e. The van der Waals surface area contributed by atoms with E-state index in [1.165, 1.54) is 18.2 Å². The predicted octanol–water partition coefficient (Wildman–Crippen LogP) is 0.788. The number of aliphatic hydroxyl groups excluding tert-OH is 1. The molecule has 1 amide bonds. The van der Waals surface area contributed by atoms with E-state index >= 15 is 0 Å². The molecular formula is C16H25N3O2. The van der Waals surface area contributed by atoms with Gasteiger partial charge in [-0.05, 0) is 44.4 Å². The van der Waals surface area contributed by atoms with Crippen molar-refractivity contribution in [3.63, 3.8) is 0 Å². The van der Waals surface area contributed by atoms with Gasteiger partial charge in [0.25, 0.3) is 0 Å². The molecule has 1 aromatic rings. The van der Waals surface area contributed by atoms with Crippen molar-refractivity contribution in [3.8, 4) is 0 Å². The van der Waals surface area contributed by atoms with Gasteiger partial charge in [0.1, 0.15) is 6.04 Å². The zero-order valence-corrected chi connectivity index (χ0v) is 12.7. The Kier molecular flexibility index (Phi) is 5.20. The number of carbonyl (C=O) groups is 1. The van der Waals surface area contributed by atoms with Crippen molar-refractivity contribution in [2.45, 2.75) is 44.9 Å². The Morgan fingerprint density at radius 1 is 1.43 bits per heavy atom. The maximum atomic E-state index is 11.8. The first-order chi connectivity index (χ1) is 9.97. The zero-order valence-electron chi connectivity index (χ0n) is 12.7. The summed E-state index contributed by atoms with van der Waals surface area (Å²) in [5, 5.41) is 12.3. The van der Waals surface area contributed by atoms with E-state index in [0.717, 1.165) is 25.9 Å². The number of carbonyl (C=O) groups excluding carboxylic acids is 1. The fourth-order valence-electron chi connectivity index (χ4n) is 2.62. The van der Waals surface area contributed by atoms with E-state index in [9.17, 15) is 9.90 Å². The Morgan fingerprint density at radius 2 is 2.10 bits per heavy atom. The lowest BCUT2D eigenvalue weighted by molar-refractivity contribution is -0.125. The molecule has 0 aromatic heterocycles. The number of benzene rings is 1. The monoisotopic (exact) mass is 291 g/mol. The van der Waals surface area contributed by atoms with Crippen LogP contribution in [0.3, 0.4) is 0 Å². The maximum Gasteiger partial charge on any atom is 0.239 e. The molecule has 0 unspecified atom stereocenters. The fraction of sp³-hybridized carbons (Fsp3) is 0.562. The number of nitrogens with zero attached hydrogens (tertiary/aromatic N) is 1. The number of rotatable bonds is 4. The first-order valence-electron chi connectivity index (χ1n) is 7.53. The predicted molar refractivity (Wildman–Crippen MR) is 84.2 cm³/mol. The van der Waals surface area contributed by atoms with Crippen LogP contribution in [0.1, 0.15) is 25.3 Å². The van der Waals surface area contributed by atoms with Crippen molar-refractivity contribution in [2.75, 3.05) is 18.0 Å². The molecule has 21 heavy (non-hydrogen) atoms. The quantitative estimate of drug-likeness (QED) is 0.766. The fourth-order valence-corrected chi connectivity index (χ4v) is 2.62. The van der Waals surface area contributed by atoms with E-state index in [4.69, 9.17) is 5.73 Å². The lowest BCUT2D eigenvalue weighted by Crippen LogP contribution is -2.52. The number of aryl methyl sites for hydroxylation is 1. The third-order valence-corrected chi connectivity index (χ3v) is 4.03. The molecule has 1 fully saturated rings. The molecule has 1 aliphatic heterocycles. The van der Waals surface area contributed by atoms with Crippen LogP contribution >= 0.6 is 0 Å². The minimum atomic E-state index is -0.847. The second kappa shape index (κ2) is 6.91. The molecular weight excluding hydrogens is 266 g/mol. The Bertz CT molecular complexity index is 482. The second-order valence-electron chi connectivity index (χ2n) is 5.88. The standard InChI is InChI=1S/C16H25N3O2/c1-11-4-3-5-14(10-11)19-8-6-13(7-9-19)18-16(21)15(17)12(2)20/h3-5,10,12-13,15,20H,6-9,17H2,1-2H3,(H,18,21)/t12-,15+/m1/s1. The summed E-state index contributed by atoms with van der Waals surface area (Å²) in [7, 11) is 0. The molecule has 1 aliphatic rings. The second-order valence-corrected chi connectivity index (χ2v) is 5.88. The summed E-state index contributed by atoms with van der Waals surface area (Å²) >= 11 is 0. The highest BCUT2D eigenvalue weighted by molar-refractivity contribution is 5.82. The summed E-state index contributed by atoms with van der Waals surface area (Å²) < 4.78 is 0. The summed E-state index contributed by atoms with van der Waals surface area (Å²) in [5.74, 6) is -0.265. The van der Waals surface area contributed by atoms with Crippen LogP contribution in [0, 0.1) is 6.92 Å². The van der Waals surface area contributed by atoms with Crippen molar-refractivity contribution in [3.05, 3.63) is 29.8 Å². The van der Waals surface area contributed by atoms with Gasteiger partial charge < -0.3 is 21.1 Å². The highest BCUT2D eigenvalue weighted by Gasteiger charge is 2.25. The molecule has 2 rings (SSSR count). The Balaban J connectivity index is 1.85. The molecule has 5 heteroatoms. The Hall–Kier alpha value is -1.59. The largest absolute Gasteiger partial charge is 0.391 e. The van der Waals surface area contributed by atoms with Gasteiger partial charge in [-0.25, -0.2) is 0 Å². The van der Waals surface area contributed by atoms with Gasteiger partial charge in [-0.3, -0.25) is 4.79 Å². The lowest BCUT2D eigenvalue weighted by Gasteiger charge is -2.34. The molecule has 4 N–H and O–H groups in total.